The number of hydrogen-bond acceptors (Lipinski definition) is 4. The summed E-state index contributed by atoms with van der Waals surface area (Å²) in [4.78, 5) is 9.08. The first-order valence-corrected chi connectivity index (χ1v) is 5.70. The van der Waals surface area contributed by atoms with E-state index in [1.807, 2.05) is 12.1 Å². The Morgan fingerprint density at radius 1 is 1.44 bits per heavy atom. The van der Waals surface area contributed by atoms with Crippen LogP contribution in [0.3, 0.4) is 0 Å². The third-order valence-electron chi connectivity index (χ3n) is 3.41. The number of likely N-dealkylation sites (N-methyl/N-ethyl adjacent to an activating group) is 1. The van der Waals surface area contributed by atoms with Crippen molar-refractivity contribution in [2.24, 2.45) is 0 Å². The van der Waals surface area contributed by atoms with Gasteiger partial charge in [-0.05, 0) is 33.2 Å². The Balaban J connectivity index is 1.94. The van der Waals surface area contributed by atoms with Crippen LogP contribution in [0.5, 0.6) is 0 Å². The zero-order valence-corrected chi connectivity index (χ0v) is 10.2. The molecule has 1 fully saturated rings. The van der Waals surface area contributed by atoms with Gasteiger partial charge in [-0.25, -0.2) is 0 Å². The van der Waals surface area contributed by atoms with Crippen LogP contribution in [0.1, 0.15) is 18.7 Å². The molecular formula is C12H20N4. The van der Waals surface area contributed by atoms with Gasteiger partial charge in [0.25, 0.3) is 0 Å². The second-order valence-corrected chi connectivity index (χ2v) is 4.76. The average molecular weight is 220 g/mol. The minimum atomic E-state index is 0.386. The van der Waals surface area contributed by atoms with Gasteiger partial charge in [0, 0.05) is 25.2 Å². The number of anilines is 1. The molecule has 0 aromatic carbocycles. The van der Waals surface area contributed by atoms with E-state index in [-0.39, 0.29) is 0 Å². The summed E-state index contributed by atoms with van der Waals surface area (Å²) >= 11 is 0. The number of aromatic nitrogens is 1. The number of nitrogen functional groups attached to an aromatic ring is 1. The molecule has 0 amide bonds. The topological polar surface area (TPSA) is 45.4 Å². The second kappa shape index (κ2) is 4.39. The van der Waals surface area contributed by atoms with Crippen molar-refractivity contribution in [2.45, 2.75) is 19.0 Å². The smallest absolute Gasteiger partial charge is 0.0574 e. The molecule has 0 radical (unpaired) electrons. The van der Waals surface area contributed by atoms with Crippen LogP contribution in [0.15, 0.2) is 18.3 Å². The third kappa shape index (κ3) is 2.18. The first kappa shape index (κ1) is 11.4. The predicted molar refractivity (Wildman–Crippen MR) is 66.1 cm³/mol. The van der Waals surface area contributed by atoms with Gasteiger partial charge in [-0.3, -0.25) is 9.88 Å². The summed E-state index contributed by atoms with van der Waals surface area (Å²) in [5.74, 6) is 0. The van der Waals surface area contributed by atoms with Crippen LogP contribution < -0.4 is 5.73 Å². The molecule has 1 aliphatic rings. The Hall–Kier alpha value is -1.13. The molecule has 2 N–H and O–H groups in total. The summed E-state index contributed by atoms with van der Waals surface area (Å²) in [7, 11) is 4.27. The summed E-state index contributed by atoms with van der Waals surface area (Å²) in [5, 5.41) is 0. The Morgan fingerprint density at radius 3 is 2.62 bits per heavy atom. The van der Waals surface area contributed by atoms with E-state index in [1.165, 1.54) is 0 Å². The van der Waals surface area contributed by atoms with Gasteiger partial charge in [0.2, 0.25) is 0 Å². The summed E-state index contributed by atoms with van der Waals surface area (Å²) in [6.07, 6.45) is 1.73. The van der Waals surface area contributed by atoms with E-state index in [2.05, 4.69) is 35.8 Å². The standard InChI is InChI=1S/C12H20N4/c1-9(12-5-4-10(13)6-14-12)16-7-11(8-16)15(2)3/h4-6,9,11H,7-8,13H2,1-3H3. The number of likely N-dealkylation sites (tertiary alicyclic amines) is 1. The minimum Gasteiger partial charge on any atom is -0.397 e. The van der Waals surface area contributed by atoms with Gasteiger partial charge in [0.1, 0.15) is 0 Å². The molecule has 16 heavy (non-hydrogen) atoms. The van der Waals surface area contributed by atoms with Crippen molar-refractivity contribution in [2.75, 3.05) is 32.9 Å². The highest BCUT2D eigenvalue weighted by Crippen LogP contribution is 2.25. The van der Waals surface area contributed by atoms with Gasteiger partial charge in [0.05, 0.1) is 17.6 Å². The third-order valence-corrected chi connectivity index (χ3v) is 3.41. The van der Waals surface area contributed by atoms with Crippen LogP contribution in [-0.4, -0.2) is 48.0 Å². The van der Waals surface area contributed by atoms with Gasteiger partial charge < -0.3 is 10.6 Å². The fraction of sp³-hybridized carbons (Fsp3) is 0.583. The quantitative estimate of drug-likeness (QED) is 0.824. The van der Waals surface area contributed by atoms with Crippen molar-refractivity contribution in [1.29, 1.82) is 0 Å². The lowest BCUT2D eigenvalue weighted by atomic mass is 10.0. The monoisotopic (exact) mass is 220 g/mol. The maximum atomic E-state index is 5.63. The first-order valence-electron chi connectivity index (χ1n) is 5.70. The summed E-state index contributed by atoms with van der Waals surface area (Å²) in [6.45, 7) is 4.45. The maximum absolute atomic E-state index is 5.63. The van der Waals surface area contributed by atoms with Crippen LogP contribution in [0, 0.1) is 0 Å². The zero-order chi connectivity index (χ0) is 11.7. The molecule has 0 spiro atoms. The van der Waals surface area contributed by atoms with Crippen molar-refractivity contribution in [3.63, 3.8) is 0 Å². The number of nitrogens with zero attached hydrogens (tertiary/aromatic N) is 3. The van der Waals surface area contributed by atoms with Crippen LogP contribution in [0.4, 0.5) is 5.69 Å². The van der Waals surface area contributed by atoms with Crippen molar-refractivity contribution < 1.29 is 0 Å². The molecule has 0 saturated carbocycles. The molecule has 1 aromatic heterocycles. The fourth-order valence-corrected chi connectivity index (χ4v) is 1.98. The molecule has 2 heterocycles. The molecule has 1 atom stereocenters. The van der Waals surface area contributed by atoms with E-state index in [9.17, 15) is 0 Å². The Morgan fingerprint density at radius 2 is 2.12 bits per heavy atom. The molecule has 4 nitrogen and oxygen atoms in total. The highest BCUT2D eigenvalue weighted by molar-refractivity contribution is 5.35. The normalized spacial score (nSPS) is 19.8. The van der Waals surface area contributed by atoms with Crippen molar-refractivity contribution in [3.05, 3.63) is 24.0 Å². The predicted octanol–water partition coefficient (Wildman–Crippen LogP) is 0.971. The number of rotatable bonds is 3. The van der Waals surface area contributed by atoms with E-state index >= 15 is 0 Å². The van der Waals surface area contributed by atoms with E-state index in [0.29, 0.717) is 12.1 Å². The number of pyridine rings is 1. The van der Waals surface area contributed by atoms with Crippen molar-refractivity contribution in [1.82, 2.24) is 14.8 Å². The molecule has 0 bridgehead atoms. The average Bonchev–Trinajstić information content (AvgIpc) is 2.15. The van der Waals surface area contributed by atoms with Gasteiger partial charge in [0.15, 0.2) is 0 Å². The van der Waals surface area contributed by atoms with E-state index in [4.69, 9.17) is 5.73 Å². The fourth-order valence-electron chi connectivity index (χ4n) is 1.98. The summed E-state index contributed by atoms with van der Waals surface area (Å²) < 4.78 is 0. The molecule has 88 valence electrons. The van der Waals surface area contributed by atoms with Gasteiger partial charge in [-0.1, -0.05) is 0 Å². The van der Waals surface area contributed by atoms with Crippen molar-refractivity contribution >= 4 is 5.69 Å². The lowest BCUT2D eigenvalue weighted by Gasteiger charge is -2.45. The summed E-state index contributed by atoms with van der Waals surface area (Å²) in [6, 6.07) is 5.01. The van der Waals surface area contributed by atoms with Gasteiger partial charge in [-0.15, -0.1) is 0 Å². The molecule has 2 rings (SSSR count). The molecule has 1 aliphatic heterocycles. The van der Waals surface area contributed by atoms with Crippen LogP contribution in [0.2, 0.25) is 0 Å². The van der Waals surface area contributed by atoms with Crippen LogP contribution in [0.25, 0.3) is 0 Å². The van der Waals surface area contributed by atoms with Crippen LogP contribution in [-0.2, 0) is 0 Å². The molecule has 4 heteroatoms. The van der Waals surface area contributed by atoms with Crippen LogP contribution >= 0.6 is 0 Å². The Labute approximate surface area is 97.1 Å². The van der Waals surface area contributed by atoms with E-state index in [1.54, 1.807) is 6.20 Å². The SMILES string of the molecule is CC(c1ccc(N)cn1)N1CC(N(C)C)C1. The lowest BCUT2D eigenvalue weighted by Crippen LogP contribution is -2.57. The highest BCUT2D eigenvalue weighted by atomic mass is 15.3. The van der Waals surface area contributed by atoms with E-state index in [0.717, 1.165) is 24.5 Å². The maximum Gasteiger partial charge on any atom is 0.0574 e. The second-order valence-electron chi connectivity index (χ2n) is 4.76. The zero-order valence-electron chi connectivity index (χ0n) is 10.2. The largest absolute Gasteiger partial charge is 0.397 e. The molecule has 0 aliphatic carbocycles. The summed E-state index contributed by atoms with van der Waals surface area (Å²) in [5.41, 5.74) is 7.46. The molecular weight excluding hydrogens is 200 g/mol. The highest BCUT2D eigenvalue weighted by Gasteiger charge is 2.32. The van der Waals surface area contributed by atoms with Gasteiger partial charge in [-0.2, -0.15) is 0 Å². The first-order chi connectivity index (χ1) is 7.58. The Bertz CT molecular complexity index is 341. The lowest BCUT2D eigenvalue weighted by molar-refractivity contribution is 0.0312. The minimum absolute atomic E-state index is 0.386. The number of nitrogens with two attached hydrogens (primary N) is 1. The van der Waals surface area contributed by atoms with Crippen molar-refractivity contribution in [3.8, 4) is 0 Å². The number of hydrogen-bond donors (Lipinski definition) is 1. The van der Waals surface area contributed by atoms with E-state index < -0.39 is 0 Å². The van der Waals surface area contributed by atoms with Gasteiger partial charge >= 0.3 is 0 Å². The molecule has 1 saturated heterocycles. The Kier molecular flexibility index (Phi) is 3.12. The molecule has 1 aromatic rings. The molecule has 1 unspecified atom stereocenters.